The van der Waals surface area contributed by atoms with Crippen LogP contribution in [0.3, 0.4) is 0 Å². The Morgan fingerprint density at radius 1 is 1.37 bits per heavy atom. The number of hydrogen-bond donors (Lipinski definition) is 1. The number of ether oxygens (including phenoxy) is 1. The minimum atomic E-state index is 0.0857. The largest absolute Gasteiger partial charge is 0.380 e. The number of para-hydroxylation sites is 1. The molecule has 0 aliphatic carbocycles. The van der Waals surface area contributed by atoms with Crippen LogP contribution >= 0.6 is 11.6 Å². The van der Waals surface area contributed by atoms with Gasteiger partial charge in [-0.25, -0.2) is 9.67 Å². The highest BCUT2D eigenvalue weighted by Gasteiger charge is 2.15. The highest BCUT2D eigenvalue weighted by Crippen LogP contribution is 2.28. The summed E-state index contributed by atoms with van der Waals surface area (Å²) in [4.78, 5) is 3.95. The van der Waals surface area contributed by atoms with Gasteiger partial charge in [0.05, 0.1) is 16.8 Å². The Morgan fingerprint density at radius 2 is 2.16 bits per heavy atom. The summed E-state index contributed by atoms with van der Waals surface area (Å²) >= 11 is 6.26. The van der Waals surface area contributed by atoms with Crippen molar-refractivity contribution in [2.75, 3.05) is 12.4 Å². The average molecular weight is 281 g/mol. The lowest BCUT2D eigenvalue weighted by Gasteiger charge is -2.23. The third-order valence-electron chi connectivity index (χ3n) is 3.09. The lowest BCUT2D eigenvalue weighted by molar-refractivity contribution is 0.106. The van der Waals surface area contributed by atoms with Gasteiger partial charge in [-0.05, 0) is 26.0 Å². The van der Waals surface area contributed by atoms with Gasteiger partial charge in [-0.2, -0.15) is 5.10 Å². The molecule has 5 nitrogen and oxygen atoms in total. The summed E-state index contributed by atoms with van der Waals surface area (Å²) in [6.45, 7) is 4.07. The van der Waals surface area contributed by atoms with Crippen LogP contribution in [0.15, 0.2) is 30.9 Å². The summed E-state index contributed by atoms with van der Waals surface area (Å²) in [6, 6.07) is 5.83. The predicted molar refractivity (Wildman–Crippen MR) is 75.9 cm³/mol. The maximum atomic E-state index is 6.26. The summed E-state index contributed by atoms with van der Waals surface area (Å²) in [7, 11) is 1.69. The van der Waals surface area contributed by atoms with Gasteiger partial charge in [0.25, 0.3) is 0 Å². The molecule has 2 aromatic rings. The zero-order chi connectivity index (χ0) is 13.8. The monoisotopic (exact) mass is 280 g/mol. The van der Waals surface area contributed by atoms with E-state index in [0.29, 0.717) is 5.02 Å². The molecular formula is C13H17ClN4O. The summed E-state index contributed by atoms with van der Waals surface area (Å²) in [5.74, 6) is 0. The predicted octanol–water partition coefficient (Wildman–Crippen LogP) is 2.76. The fraction of sp³-hybridized carbons (Fsp3) is 0.385. The molecule has 0 aliphatic rings. The van der Waals surface area contributed by atoms with E-state index in [1.807, 2.05) is 25.1 Å². The smallest absolute Gasteiger partial charge is 0.138 e. The molecule has 0 saturated carbocycles. The second-order valence-corrected chi connectivity index (χ2v) is 4.76. The molecule has 2 unspecified atom stereocenters. The summed E-state index contributed by atoms with van der Waals surface area (Å²) in [5, 5.41) is 8.14. The van der Waals surface area contributed by atoms with Crippen LogP contribution in [-0.2, 0) is 4.74 Å². The van der Waals surface area contributed by atoms with Gasteiger partial charge in [0.15, 0.2) is 0 Å². The standard InChI is InChI=1S/C13H17ClN4O/c1-9(10(2)19-3)17-12-6-4-5-11(14)13(12)18-8-15-7-16-18/h4-10,17H,1-3H3. The number of halogens is 1. The molecule has 1 N–H and O–H groups in total. The molecule has 2 rings (SSSR count). The second-order valence-electron chi connectivity index (χ2n) is 4.35. The number of hydrogen-bond acceptors (Lipinski definition) is 4. The highest BCUT2D eigenvalue weighted by atomic mass is 35.5. The first kappa shape index (κ1) is 13.8. The average Bonchev–Trinajstić information content (AvgIpc) is 2.91. The van der Waals surface area contributed by atoms with Crippen molar-refractivity contribution in [3.05, 3.63) is 35.9 Å². The Morgan fingerprint density at radius 3 is 2.79 bits per heavy atom. The Labute approximate surface area is 117 Å². The lowest BCUT2D eigenvalue weighted by Crippen LogP contribution is -2.30. The maximum Gasteiger partial charge on any atom is 0.138 e. The number of anilines is 1. The summed E-state index contributed by atoms with van der Waals surface area (Å²) < 4.78 is 6.96. The molecule has 0 spiro atoms. The Balaban J connectivity index is 2.33. The van der Waals surface area contributed by atoms with Gasteiger partial charge >= 0.3 is 0 Å². The van der Waals surface area contributed by atoms with Crippen LogP contribution in [0.2, 0.25) is 5.02 Å². The van der Waals surface area contributed by atoms with E-state index in [0.717, 1.165) is 11.4 Å². The molecule has 1 aromatic heterocycles. The second kappa shape index (κ2) is 6.04. The molecule has 0 fully saturated rings. The van der Waals surface area contributed by atoms with E-state index >= 15 is 0 Å². The Hall–Kier alpha value is -1.59. The number of benzene rings is 1. The van der Waals surface area contributed by atoms with Crippen LogP contribution in [0, 0.1) is 0 Å². The molecule has 1 aromatic carbocycles. The van der Waals surface area contributed by atoms with Crippen LogP contribution in [0.5, 0.6) is 0 Å². The molecule has 0 bridgehead atoms. The number of methoxy groups -OCH3 is 1. The molecular weight excluding hydrogens is 264 g/mol. The number of nitrogens with zero attached hydrogens (tertiary/aromatic N) is 3. The van der Waals surface area contributed by atoms with Crippen molar-refractivity contribution in [1.82, 2.24) is 14.8 Å². The van der Waals surface area contributed by atoms with Gasteiger partial charge in [0.1, 0.15) is 18.3 Å². The van der Waals surface area contributed by atoms with Gasteiger partial charge in [0, 0.05) is 13.2 Å². The van der Waals surface area contributed by atoms with Crippen LogP contribution < -0.4 is 5.32 Å². The maximum absolute atomic E-state index is 6.26. The van der Waals surface area contributed by atoms with Gasteiger partial charge < -0.3 is 10.1 Å². The summed E-state index contributed by atoms with van der Waals surface area (Å²) in [6.07, 6.45) is 3.19. The molecule has 1 heterocycles. The fourth-order valence-electron chi connectivity index (χ4n) is 1.76. The van der Waals surface area contributed by atoms with E-state index in [1.54, 1.807) is 18.1 Å². The third kappa shape index (κ3) is 3.05. The van der Waals surface area contributed by atoms with Crippen LogP contribution in [0.4, 0.5) is 5.69 Å². The molecule has 19 heavy (non-hydrogen) atoms. The van der Waals surface area contributed by atoms with Crippen LogP contribution in [-0.4, -0.2) is 34.0 Å². The SMILES string of the molecule is COC(C)C(C)Nc1cccc(Cl)c1-n1cncn1. The van der Waals surface area contributed by atoms with E-state index < -0.39 is 0 Å². The van der Waals surface area contributed by atoms with Crippen molar-refractivity contribution in [1.29, 1.82) is 0 Å². The molecule has 0 amide bonds. The zero-order valence-electron chi connectivity index (χ0n) is 11.2. The molecule has 6 heteroatoms. The summed E-state index contributed by atoms with van der Waals surface area (Å²) in [5.41, 5.74) is 1.69. The van der Waals surface area contributed by atoms with Crippen molar-refractivity contribution < 1.29 is 4.74 Å². The van der Waals surface area contributed by atoms with E-state index in [4.69, 9.17) is 16.3 Å². The molecule has 102 valence electrons. The Kier molecular flexibility index (Phi) is 4.39. The van der Waals surface area contributed by atoms with Crippen molar-refractivity contribution in [3.63, 3.8) is 0 Å². The first-order chi connectivity index (χ1) is 9.13. The van der Waals surface area contributed by atoms with E-state index in [2.05, 4.69) is 22.3 Å². The normalized spacial score (nSPS) is 14.1. The van der Waals surface area contributed by atoms with Crippen molar-refractivity contribution in [2.45, 2.75) is 26.0 Å². The van der Waals surface area contributed by atoms with E-state index in [1.165, 1.54) is 6.33 Å². The first-order valence-corrected chi connectivity index (χ1v) is 6.44. The minimum absolute atomic E-state index is 0.0857. The van der Waals surface area contributed by atoms with Crippen molar-refractivity contribution >= 4 is 17.3 Å². The van der Waals surface area contributed by atoms with Gasteiger partial charge in [-0.1, -0.05) is 17.7 Å². The van der Waals surface area contributed by atoms with Crippen molar-refractivity contribution in [2.24, 2.45) is 0 Å². The van der Waals surface area contributed by atoms with Gasteiger partial charge in [-0.15, -0.1) is 0 Å². The molecule has 2 atom stereocenters. The highest BCUT2D eigenvalue weighted by molar-refractivity contribution is 6.33. The number of nitrogens with one attached hydrogen (secondary N) is 1. The molecule has 0 radical (unpaired) electrons. The Bertz CT molecular complexity index is 529. The number of aromatic nitrogens is 3. The quantitative estimate of drug-likeness (QED) is 0.915. The molecule has 0 aliphatic heterocycles. The van der Waals surface area contributed by atoms with E-state index in [9.17, 15) is 0 Å². The zero-order valence-corrected chi connectivity index (χ0v) is 11.9. The van der Waals surface area contributed by atoms with E-state index in [-0.39, 0.29) is 12.1 Å². The first-order valence-electron chi connectivity index (χ1n) is 6.06. The fourth-order valence-corrected chi connectivity index (χ4v) is 2.02. The van der Waals surface area contributed by atoms with Crippen LogP contribution in [0.25, 0.3) is 5.69 Å². The minimum Gasteiger partial charge on any atom is -0.380 e. The van der Waals surface area contributed by atoms with Gasteiger partial charge in [0.2, 0.25) is 0 Å². The van der Waals surface area contributed by atoms with Crippen molar-refractivity contribution in [3.8, 4) is 5.69 Å². The lowest BCUT2D eigenvalue weighted by atomic mass is 10.2. The topological polar surface area (TPSA) is 52.0 Å². The van der Waals surface area contributed by atoms with Gasteiger partial charge in [-0.3, -0.25) is 0 Å². The third-order valence-corrected chi connectivity index (χ3v) is 3.40. The van der Waals surface area contributed by atoms with Crippen LogP contribution in [0.1, 0.15) is 13.8 Å². The number of rotatable bonds is 5. The molecule has 0 saturated heterocycles.